The fraction of sp³-hybridized carbons (Fsp3) is 0.444. The van der Waals surface area contributed by atoms with E-state index >= 15 is 0 Å². The quantitative estimate of drug-likeness (QED) is 0.869. The van der Waals surface area contributed by atoms with Crippen LogP contribution in [0.4, 0.5) is 5.69 Å². The number of amides is 1. The molecule has 120 valence electrons. The molecule has 4 nitrogen and oxygen atoms in total. The minimum absolute atomic E-state index is 0.178. The number of piperidine rings is 1. The average molecular weight is 327 g/mol. The van der Waals surface area contributed by atoms with Gasteiger partial charge in [0.05, 0.1) is 11.1 Å². The van der Waals surface area contributed by atoms with Crippen LogP contribution in [-0.2, 0) is 11.3 Å². The number of hydrogen-bond donors (Lipinski definition) is 0. The van der Waals surface area contributed by atoms with Crippen LogP contribution >= 0.6 is 11.3 Å². The van der Waals surface area contributed by atoms with Crippen molar-refractivity contribution in [2.45, 2.75) is 25.8 Å². The summed E-state index contributed by atoms with van der Waals surface area (Å²) in [5.74, 6) is 0.326. The van der Waals surface area contributed by atoms with Crippen molar-refractivity contribution in [3.63, 3.8) is 0 Å². The summed E-state index contributed by atoms with van der Waals surface area (Å²) in [6, 6.07) is 6.15. The van der Waals surface area contributed by atoms with E-state index in [9.17, 15) is 4.79 Å². The molecule has 23 heavy (non-hydrogen) atoms. The lowest BCUT2D eigenvalue weighted by molar-refractivity contribution is -0.128. The number of thiophene rings is 1. The zero-order valence-corrected chi connectivity index (χ0v) is 14.0. The summed E-state index contributed by atoms with van der Waals surface area (Å²) in [7, 11) is 0. The van der Waals surface area contributed by atoms with Gasteiger partial charge in [-0.25, -0.2) is 0 Å². The van der Waals surface area contributed by atoms with Crippen LogP contribution in [-0.4, -0.2) is 35.4 Å². The van der Waals surface area contributed by atoms with E-state index in [1.807, 2.05) is 22.5 Å². The van der Waals surface area contributed by atoms with Gasteiger partial charge >= 0.3 is 0 Å². The van der Waals surface area contributed by atoms with Crippen LogP contribution < -0.4 is 4.90 Å². The molecular formula is C18H21N3OS. The molecule has 1 atom stereocenters. The molecule has 2 aliphatic heterocycles. The first kappa shape index (κ1) is 14.8. The molecule has 0 unspecified atom stereocenters. The van der Waals surface area contributed by atoms with Crippen LogP contribution in [0.25, 0.3) is 0 Å². The third-order valence-corrected chi connectivity index (χ3v) is 5.79. The summed E-state index contributed by atoms with van der Waals surface area (Å²) in [5, 5.41) is 4.12. The van der Waals surface area contributed by atoms with Crippen molar-refractivity contribution < 1.29 is 4.79 Å². The van der Waals surface area contributed by atoms with Crippen LogP contribution in [0.2, 0.25) is 0 Å². The molecule has 2 aliphatic rings. The van der Waals surface area contributed by atoms with Gasteiger partial charge in [0.1, 0.15) is 0 Å². The van der Waals surface area contributed by atoms with Gasteiger partial charge in [0.15, 0.2) is 0 Å². The monoisotopic (exact) mass is 327 g/mol. The summed E-state index contributed by atoms with van der Waals surface area (Å²) >= 11 is 1.65. The molecule has 2 aromatic heterocycles. The number of pyridine rings is 1. The topological polar surface area (TPSA) is 36.4 Å². The largest absolute Gasteiger partial charge is 0.311 e. The number of aromatic nitrogens is 1. The molecule has 0 aromatic carbocycles. The van der Waals surface area contributed by atoms with Gasteiger partial charge in [-0.05, 0) is 48.9 Å². The van der Waals surface area contributed by atoms with E-state index in [1.165, 1.54) is 5.56 Å². The first-order valence-corrected chi connectivity index (χ1v) is 9.17. The smallest absolute Gasteiger partial charge is 0.234 e. The van der Waals surface area contributed by atoms with E-state index in [2.05, 4.69) is 27.4 Å². The third-order valence-electron chi connectivity index (χ3n) is 5.12. The minimum Gasteiger partial charge on any atom is -0.311 e. The molecule has 4 heterocycles. The maximum Gasteiger partial charge on any atom is 0.234 e. The highest BCUT2D eigenvalue weighted by Crippen LogP contribution is 2.42. The molecule has 4 rings (SSSR count). The Balaban J connectivity index is 1.49. The zero-order chi connectivity index (χ0) is 15.7. The Bertz CT molecular complexity index is 673. The fourth-order valence-corrected chi connectivity index (χ4v) is 4.61. The summed E-state index contributed by atoms with van der Waals surface area (Å²) in [5.41, 5.74) is 2.12. The number of rotatable bonds is 3. The highest BCUT2D eigenvalue weighted by atomic mass is 32.1. The second-order valence-electron chi connectivity index (χ2n) is 6.64. The third kappa shape index (κ3) is 2.79. The van der Waals surface area contributed by atoms with E-state index in [0.29, 0.717) is 5.91 Å². The molecule has 2 saturated heterocycles. The van der Waals surface area contributed by atoms with Gasteiger partial charge in [-0.2, -0.15) is 11.3 Å². The zero-order valence-electron chi connectivity index (χ0n) is 13.1. The van der Waals surface area contributed by atoms with Gasteiger partial charge in [0, 0.05) is 37.4 Å². The molecular weight excluding hydrogens is 306 g/mol. The maximum atomic E-state index is 13.1. The van der Waals surface area contributed by atoms with E-state index in [0.717, 1.165) is 51.1 Å². The Labute approximate surface area is 140 Å². The minimum atomic E-state index is -0.178. The predicted molar refractivity (Wildman–Crippen MR) is 92.5 cm³/mol. The molecule has 0 aliphatic carbocycles. The van der Waals surface area contributed by atoms with Crippen molar-refractivity contribution in [1.82, 2.24) is 9.88 Å². The summed E-state index contributed by atoms with van der Waals surface area (Å²) in [4.78, 5) is 21.7. The molecule has 1 amide bonds. The summed E-state index contributed by atoms with van der Waals surface area (Å²) in [6.45, 7) is 3.70. The van der Waals surface area contributed by atoms with Crippen LogP contribution in [0.3, 0.4) is 0 Å². The predicted octanol–water partition coefficient (Wildman–Crippen LogP) is 3.16. The second kappa shape index (κ2) is 6.06. The van der Waals surface area contributed by atoms with Crippen LogP contribution in [0.1, 0.15) is 24.8 Å². The molecule has 0 saturated carbocycles. The number of likely N-dealkylation sites (tertiary alicyclic amines) is 1. The van der Waals surface area contributed by atoms with Crippen molar-refractivity contribution in [3.8, 4) is 0 Å². The summed E-state index contributed by atoms with van der Waals surface area (Å²) in [6.07, 6.45) is 6.83. The Morgan fingerprint density at radius 1 is 1.26 bits per heavy atom. The number of hydrogen-bond acceptors (Lipinski definition) is 4. The Morgan fingerprint density at radius 2 is 2.22 bits per heavy atom. The standard InChI is InChI=1S/C18H21N3OS/c22-17-18(6-9-21(17)16-4-10-23-13-16)5-2-8-20(14-18)12-15-3-1-7-19-11-15/h1,3-4,7,10-11,13H,2,5-6,8-9,12,14H2/t18-/m1/s1. The highest BCUT2D eigenvalue weighted by Gasteiger charge is 2.49. The van der Waals surface area contributed by atoms with E-state index in [4.69, 9.17) is 0 Å². The number of carbonyl (C=O) groups excluding carboxylic acids is 1. The lowest BCUT2D eigenvalue weighted by Gasteiger charge is -2.39. The highest BCUT2D eigenvalue weighted by molar-refractivity contribution is 7.08. The molecule has 2 aromatic rings. The van der Waals surface area contributed by atoms with Crippen LogP contribution in [0, 0.1) is 5.41 Å². The van der Waals surface area contributed by atoms with E-state index < -0.39 is 0 Å². The van der Waals surface area contributed by atoms with Crippen LogP contribution in [0.15, 0.2) is 41.4 Å². The van der Waals surface area contributed by atoms with Crippen molar-refractivity contribution >= 4 is 22.9 Å². The van der Waals surface area contributed by atoms with E-state index in [-0.39, 0.29) is 5.41 Å². The molecule has 2 fully saturated rings. The molecule has 5 heteroatoms. The van der Waals surface area contributed by atoms with Gasteiger partial charge < -0.3 is 4.90 Å². The van der Waals surface area contributed by atoms with Gasteiger partial charge in [-0.1, -0.05) is 6.07 Å². The Morgan fingerprint density at radius 3 is 3.00 bits per heavy atom. The SMILES string of the molecule is O=C1N(c2ccsc2)CC[C@@]12CCCN(Cc1cccnc1)C2. The first-order valence-electron chi connectivity index (χ1n) is 8.22. The van der Waals surface area contributed by atoms with Crippen molar-refractivity contribution in [1.29, 1.82) is 0 Å². The van der Waals surface area contributed by atoms with Crippen molar-refractivity contribution in [2.75, 3.05) is 24.5 Å². The molecule has 1 spiro atoms. The van der Waals surface area contributed by atoms with Crippen molar-refractivity contribution in [3.05, 3.63) is 46.9 Å². The van der Waals surface area contributed by atoms with Gasteiger partial charge in [-0.3, -0.25) is 14.7 Å². The number of carbonyl (C=O) groups is 1. The van der Waals surface area contributed by atoms with Gasteiger partial charge in [0.2, 0.25) is 5.91 Å². The Hall–Kier alpha value is -1.72. The normalized spacial score (nSPS) is 25.4. The number of anilines is 1. The average Bonchev–Trinajstić information content (AvgIpc) is 3.19. The first-order chi connectivity index (χ1) is 11.3. The maximum absolute atomic E-state index is 13.1. The lowest BCUT2D eigenvalue weighted by Crippen LogP contribution is -2.47. The lowest BCUT2D eigenvalue weighted by atomic mass is 9.78. The molecule has 0 radical (unpaired) electrons. The molecule has 0 N–H and O–H groups in total. The Kier molecular flexibility index (Phi) is 3.91. The fourth-order valence-electron chi connectivity index (χ4n) is 3.97. The van der Waals surface area contributed by atoms with Crippen LogP contribution in [0.5, 0.6) is 0 Å². The van der Waals surface area contributed by atoms with Crippen molar-refractivity contribution in [2.24, 2.45) is 5.41 Å². The van der Waals surface area contributed by atoms with E-state index in [1.54, 1.807) is 17.5 Å². The molecule has 0 bridgehead atoms. The second-order valence-corrected chi connectivity index (χ2v) is 7.42. The summed E-state index contributed by atoms with van der Waals surface area (Å²) < 4.78 is 0. The van der Waals surface area contributed by atoms with Gasteiger partial charge in [-0.15, -0.1) is 0 Å². The number of nitrogens with zero attached hydrogens (tertiary/aromatic N) is 3. The van der Waals surface area contributed by atoms with Gasteiger partial charge in [0.25, 0.3) is 0 Å².